The van der Waals surface area contributed by atoms with E-state index >= 15 is 0 Å². The van der Waals surface area contributed by atoms with Crippen molar-refractivity contribution >= 4 is 5.97 Å². The van der Waals surface area contributed by atoms with Gasteiger partial charge in [-0.1, -0.05) is 50.6 Å². The summed E-state index contributed by atoms with van der Waals surface area (Å²) in [5.74, 6) is -0.774. The van der Waals surface area contributed by atoms with Crippen LogP contribution in [0.4, 0.5) is 0 Å². The highest BCUT2D eigenvalue weighted by Gasteiger charge is 2.20. The largest absolute Gasteiger partial charge is 0.480 e. The van der Waals surface area contributed by atoms with E-state index in [4.69, 9.17) is 5.11 Å². The van der Waals surface area contributed by atoms with Gasteiger partial charge >= 0.3 is 5.97 Å². The number of hydrogen-bond donors (Lipinski definition) is 2. The quantitative estimate of drug-likeness (QED) is 0.764. The minimum Gasteiger partial charge on any atom is -0.480 e. The van der Waals surface area contributed by atoms with Crippen LogP contribution in [0.25, 0.3) is 0 Å². The molecule has 94 valence electrons. The lowest BCUT2D eigenvalue weighted by molar-refractivity contribution is -0.139. The molecule has 1 aromatic carbocycles. The number of nitrogens with one attached hydrogen (secondary N) is 1. The summed E-state index contributed by atoms with van der Waals surface area (Å²) >= 11 is 0. The number of carboxylic acids is 1. The van der Waals surface area contributed by atoms with E-state index in [0.29, 0.717) is 6.42 Å². The molecule has 0 saturated carbocycles. The lowest BCUT2D eigenvalue weighted by Gasteiger charge is -2.22. The molecule has 2 N–H and O–H groups in total. The second kappa shape index (κ2) is 7.07. The van der Waals surface area contributed by atoms with Crippen LogP contribution >= 0.6 is 0 Å². The third kappa shape index (κ3) is 4.19. The van der Waals surface area contributed by atoms with Crippen LogP contribution in [0.5, 0.6) is 0 Å². The highest BCUT2D eigenvalue weighted by molar-refractivity contribution is 5.73. The fourth-order valence-corrected chi connectivity index (χ4v) is 1.93. The molecule has 0 heterocycles. The summed E-state index contributed by atoms with van der Waals surface area (Å²) < 4.78 is 0. The molecule has 17 heavy (non-hydrogen) atoms. The molecule has 0 aliphatic heterocycles. The van der Waals surface area contributed by atoms with Gasteiger partial charge in [-0.2, -0.15) is 0 Å². The standard InChI is InChI=1S/C14H21NO2/c1-3-8-13(11-9-6-5-7-10-11)15-12(4-2)14(16)17/h5-7,9-10,12-13,15H,3-4,8H2,1-2H3,(H,16,17). The molecular formula is C14H21NO2. The predicted molar refractivity (Wildman–Crippen MR) is 68.9 cm³/mol. The van der Waals surface area contributed by atoms with Gasteiger partial charge in [0.15, 0.2) is 0 Å². The SMILES string of the molecule is CCCC(NC(CC)C(=O)O)c1ccccc1. The second-order valence-electron chi connectivity index (χ2n) is 4.22. The molecule has 2 atom stereocenters. The van der Waals surface area contributed by atoms with Crippen LogP contribution < -0.4 is 5.32 Å². The highest BCUT2D eigenvalue weighted by atomic mass is 16.4. The average molecular weight is 235 g/mol. The minimum absolute atomic E-state index is 0.127. The Balaban J connectivity index is 2.76. The molecule has 0 aliphatic carbocycles. The Hall–Kier alpha value is -1.35. The molecule has 0 fully saturated rings. The Morgan fingerprint density at radius 3 is 2.41 bits per heavy atom. The van der Waals surface area contributed by atoms with Crippen LogP contribution in [0, 0.1) is 0 Å². The second-order valence-corrected chi connectivity index (χ2v) is 4.22. The summed E-state index contributed by atoms with van der Waals surface area (Å²) in [6.45, 7) is 4.00. The molecule has 3 nitrogen and oxygen atoms in total. The van der Waals surface area contributed by atoms with Gasteiger partial charge in [0.2, 0.25) is 0 Å². The van der Waals surface area contributed by atoms with Gasteiger partial charge in [0.25, 0.3) is 0 Å². The Labute approximate surface area is 103 Å². The number of carbonyl (C=O) groups is 1. The molecule has 2 unspecified atom stereocenters. The van der Waals surface area contributed by atoms with E-state index in [2.05, 4.69) is 12.2 Å². The Bertz CT molecular complexity index is 337. The summed E-state index contributed by atoms with van der Waals surface area (Å²) in [4.78, 5) is 11.0. The fraction of sp³-hybridized carbons (Fsp3) is 0.500. The van der Waals surface area contributed by atoms with Crippen molar-refractivity contribution in [1.82, 2.24) is 5.32 Å². The average Bonchev–Trinajstić information content (AvgIpc) is 2.35. The van der Waals surface area contributed by atoms with Crippen LogP contribution in [-0.2, 0) is 4.79 Å². The topological polar surface area (TPSA) is 49.3 Å². The first kappa shape index (κ1) is 13.7. The maximum absolute atomic E-state index is 11.0. The van der Waals surface area contributed by atoms with Crippen molar-refractivity contribution in [1.29, 1.82) is 0 Å². The summed E-state index contributed by atoms with van der Waals surface area (Å²) in [7, 11) is 0. The van der Waals surface area contributed by atoms with Gasteiger partial charge in [-0.3, -0.25) is 10.1 Å². The maximum atomic E-state index is 11.0. The molecule has 0 saturated heterocycles. The number of rotatable bonds is 7. The lowest BCUT2D eigenvalue weighted by Crippen LogP contribution is -2.38. The highest BCUT2D eigenvalue weighted by Crippen LogP contribution is 2.19. The van der Waals surface area contributed by atoms with Crippen LogP contribution in [-0.4, -0.2) is 17.1 Å². The molecule has 3 heteroatoms. The monoisotopic (exact) mass is 235 g/mol. The molecule has 0 bridgehead atoms. The lowest BCUT2D eigenvalue weighted by atomic mass is 10.0. The van der Waals surface area contributed by atoms with Crippen LogP contribution in [0.15, 0.2) is 30.3 Å². The zero-order valence-electron chi connectivity index (χ0n) is 10.5. The van der Waals surface area contributed by atoms with Gasteiger partial charge in [0.1, 0.15) is 6.04 Å². The minimum atomic E-state index is -0.774. The summed E-state index contributed by atoms with van der Waals surface area (Å²) in [5.41, 5.74) is 1.16. The first-order valence-electron chi connectivity index (χ1n) is 6.22. The van der Waals surface area contributed by atoms with Crippen molar-refractivity contribution in [3.05, 3.63) is 35.9 Å². The third-order valence-electron chi connectivity index (χ3n) is 2.89. The molecule has 1 aromatic rings. The van der Waals surface area contributed by atoms with E-state index < -0.39 is 12.0 Å². The van der Waals surface area contributed by atoms with Crippen LogP contribution in [0.2, 0.25) is 0 Å². The number of carboxylic acid groups (broad SMARTS) is 1. The fourth-order valence-electron chi connectivity index (χ4n) is 1.93. The Morgan fingerprint density at radius 1 is 1.29 bits per heavy atom. The van der Waals surface area contributed by atoms with Gasteiger partial charge in [0, 0.05) is 6.04 Å². The smallest absolute Gasteiger partial charge is 0.320 e. The van der Waals surface area contributed by atoms with E-state index in [-0.39, 0.29) is 6.04 Å². The molecular weight excluding hydrogens is 214 g/mol. The van der Waals surface area contributed by atoms with Crippen molar-refractivity contribution in [2.24, 2.45) is 0 Å². The summed E-state index contributed by atoms with van der Waals surface area (Å²) in [6, 6.07) is 9.70. The molecule has 0 radical (unpaired) electrons. The molecule has 0 aromatic heterocycles. The maximum Gasteiger partial charge on any atom is 0.320 e. The normalized spacial score (nSPS) is 14.2. The van der Waals surface area contributed by atoms with E-state index in [1.807, 2.05) is 37.3 Å². The first-order valence-corrected chi connectivity index (χ1v) is 6.22. The van der Waals surface area contributed by atoms with Crippen molar-refractivity contribution in [3.63, 3.8) is 0 Å². The number of benzene rings is 1. The van der Waals surface area contributed by atoms with Crippen molar-refractivity contribution in [3.8, 4) is 0 Å². The zero-order valence-corrected chi connectivity index (χ0v) is 10.5. The molecule has 0 aliphatic rings. The van der Waals surface area contributed by atoms with Gasteiger partial charge in [-0.25, -0.2) is 0 Å². The van der Waals surface area contributed by atoms with Crippen molar-refractivity contribution in [2.75, 3.05) is 0 Å². The zero-order chi connectivity index (χ0) is 12.7. The molecule has 0 amide bonds. The van der Waals surface area contributed by atoms with Gasteiger partial charge < -0.3 is 5.11 Å². The van der Waals surface area contributed by atoms with Crippen LogP contribution in [0.1, 0.15) is 44.7 Å². The summed E-state index contributed by atoms with van der Waals surface area (Å²) in [5, 5.41) is 12.3. The van der Waals surface area contributed by atoms with Crippen molar-refractivity contribution in [2.45, 2.75) is 45.2 Å². The van der Waals surface area contributed by atoms with Crippen LogP contribution in [0.3, 0.4) is 0 Å². The third-order valence-corrected chi connectivity index (χ3v) is 2.89. The van der Waals surface area contributed by atoms with Gasteiger partial charge in [0.05, 0.1) is 0 Å². The van der Waals surface area contributed by atoms with E-state index in [1.54, 1.807) is 0 Å². The van der Waals surface area contributed by atoms with Gasteiger partial charge in [-0.05, 0) is 18.4 Å². The van der Waals surface area contributed by atoms with E-state index in [0.717, 1.165) is 18.4 Å². The van der Waals surface area contributed by atoms with Gasteiger partial charge in [-0.15, -0.1) is 0 Å². The van der Waals surface area contributed by atoms with E-state index in [9.17, 15) is 4.79 Å². The Kier molecular flexibility index (Phi) is 5.70. The molecule has 0 spiro atoms. The van der Waals surface area contributed by atoms with Crippen molar-refractivity contribution < 1.29 is 9.90 Å². The molecule has 1 rings (SSSR count). The predicted octanol–water partition coefficient (Wildman–Crippen LogP) is 2.98. The first-order chi connectivity index (χ1) is 8.19. The summed E-state index contributed by atoms with van der Waals surface area (Å²) in [6.07, 6.45) is 2.58. The van der Waals surface area contributed by atoms with E-state index in [1.165, 1.54) is 0 Å². The number of aliphatic carboxylic acids is 1. The Morgan fingerprint density at radius 2 is 1.94 bits per heavy atom. The number of hydrogen-bond acceptors (Lipinski definition) is 2.